The molecule has 1 atom stereocenters. The summed E-state index contributed by atoms with van der Waals surface area (Å²) in [6, 6.07) is 6.11. The minimum absolute atomic E-state index is 0.132. The summed E-state index contributed by atoms with van der Waals surface area (Å²) in [6.45, 7) is 5.84. The summed E-state index contributed by atoms with van der Waals surface area (Å²) in [5, 5.41) is 1.01. The van der Waals surface area contributed by atoms with E-state index >= 15 is 0 Å². The molecule has 3 heteroatoms. The first-order valence-electron chi connectivity index (χ1n) is 5.28. The van der Waals surface area contributed by atoms with Crippen molar-refractivity contribution in [1.82, 2.24) is 4.98 Å². The monoisotopic (exact) mass is 279 g/mol. The van der Waals surface area contributed by atoms with Gasteiger partial charge in [0.25, 0.3) is 0 Å². The van der Waals surface area contributed by atoms with Gasteiger partial charge in [0.15, 0.2) is 5.78 Å². The quantitative estimate of drug-likeness (QED) is 0.659. The lowest BCUT2D eigenvalue weighted by Gasteiger charge is -2.02. The molecule has 0 saturated carbocycles. The molecule has 2 rings (SSSR count). The minimum Gasteiger partial charge on any atom is -0.358 e. The van der Waals surface area contributed by atoms with E-state index in [1.54, 1.807) is 0 Å². The Labute approximate surface area is 103 Å². The first kappa shape index (κ1) is 11.4. The van der Waals surface area contributed by atoms with E-state index in [1.165, 1.54) is 5.56 Å². The molecule has 0 saturated heterocycles. The van der Waals surface area contributed by atoms with Gasteiger partial charge in [0.2, 0.25) is 0 Å². The molecular weight excluding hydrogens is 266 g/mol. The molecule has 0 spiro atoms. The van der Waals surface area contributed by atoms with Crippen LogP contribution in [0.2, 0.25) is 0 Å². The number of aromatic amines is 1. The number of carbonyl (C=O) groups excluding carboxylic acids is 1. The number of hydrogen-bond donors (Lipinski definition) is 1. The van der Waals surface area contributed by atoms with Crippen molar-refractivity contribution < 1.29 is 4.79 Å². The summed E-state index contributed by atoms with van der Waals surface area (Å²) < 4.78 is 0. The van der Waals surface area contributed by atoms with Gasteiger partial charge in [-0.25, -0.2) is 0 Å². The Hall–Kier alpha value is -1.09. The molecule has 2 nitrogen and oxygen atoms in total. The van der Waals surface area contributed by atoms with Crippen LogP contribution in [0.5, 0.6) is 0 Å². The zero-order valence-electron chi connectivity index (χ0n) is 9.60. The maximum absolute atomic E-state index is 12.1. The Balaban J connectivity index is 2.70. The van der Waals surface area contributed by atoms with Crippen molar-refractivity contribution in [2.75, 3.05) is 0 Å². The summed E-state index contributed by atoms with van der Waals surface area (Å²) in [4.78, 5) is 15.2. The van der Waals surface area contributed by atoms with Crippen LogP contribution in [0.25, 0.3) is 10.9 Å². The number of ketones is 1. The Bertz CT molecular complexity index is 554. The number of fused-ring (bicyclic) bond motifs is 1. The zero-order valence-corrected chi connectivity index (χ0v) is 11.2. The minimum atomic E-state index is -0.147. The molecular formula is C13H14BrNO. The van der Waals surface area contributed by atoms with E-state index in [-0.39, 0.29) is 10.6 Å². The molecule has 0 radical (unpaired) electrons. The van der Waals surface area contributed by atoms with Crippen LogP contribution < -0.4 is 0 Å². The molecule has 1 aromatic carbocycles. The summed E-state index contributed by atoms with van der Waals surface area (Å²) >= 11 is 3.33. The number of nitrogens with one attached hydrogen (secondary N) is 1. The zero-order chi connectivity index (χ0) is 11.9. The number of aromatic nitrogens is 1. The van der Waals surface area contributed by atoms with Gasteiger partial charge in [0, 0.05) is 22.2 Å². The predicted octanol–water partition coefficient (Wildman–Crippen LogP) is 3.75. The second-order valence-electron chi connectivity index (χ2n) is 4.15. The normalized spacial score (nSPS) is 13.0. The molecule has 0 aliphatic heterocycles. The molecule has 1 N–H and O–H groups in total. The first-order valence-corrected chi connectivity index (χ1v) is 6.19. The molecule has 0 aliphatic rings. The van der Waals surface area contributed by atoms with Crippen molar-refractivity contribution in [1.29, 1.82) is 0 Å². The van der Waals surface area contributed by atoms with Crippen LogP contribution in [0.15, 0.2) is 18.2 Å². The van der Waals surface area contributed by atoms with Crippen LogP contribution >= 0.6 is 15.9 Å². The van der Waals surface area contributed by atoms with Gasteiger partial charge in [0.05, 0.1) is 4.83 Å². The number of aryl methyl sites for hydroxylation is 2. The van der Waals surface area contributed by atoms with Crippen molar-refractivity contribution in [2.24, 2.45) is 0 Å². The van der Waals surface area contributed by atoms with Crippen LogP contribution in [-0.2, 0) is 0 Å². The van der Waals surface area contributed by atoms with Gasteiger partial charge in [-0.1, -0.05) is 28.1 Å². The molecule has 1 unspecified atom stereocenters. The molecule has 0 fully saturated rings. The average molecular weight is 280 g/mol. The molecule has 1 aromatic heterocycles. The second-order valence-corrected chi connectivity index (χ2v) is 5.53. The smallest absolute Gasteiger partial charge is 0.178 e. The van der Waals surface area contributed by atoms with Gasteiger partial charge in [-0.05, 0) is 32.4 Å². The van der Waals surface area contributed by atoms with Crippen LogP contribution in [0.1, 0.15) is 28.5 Å². The lowest BCUT2D eigenvalue weighted by Crippen LogP contribution is -2.10. The van der Waals surface area contributed by atoms with Crippen molar-refractivity contribution in [3.63, 3.8) is 0 Å². The highest BCUT2D eigenvalue weighted by Crippen LogP contribution is 2.25. The fourth-order valence-corrected chi connectivity index (χ4v) is 2.19. The maximum Gasteiger partial charge on any atom is 0.178 e. The third-order valence-electron chi connectivity index (χ3n) is 2.75. The number of rotatable bonds is 2. The van der Waals surface area contributed by atoms with Crippen LogP contribution in [-0.4, -0.2) is 15.6 Å². The van der Waals surface area contributed by atoms with Crippen LogP contribution in [0, 0.1) is 13.8 Å². The number of alkyl halides is 1. The number of hydrogen-bond acceptors (Lipinski definition) is 1. The third kappa shape index (κ3) is 1.80. The highest BCUT2D eigenvalue weighted by molar-refractivity contribution is 9.10. The van der Waals surface area contributed by atoms with E-state index in [2.05, 4.69) is 27.0 Å². The largest absolute Gasteiger partial charge is 0.358 e. The Morgan fingerprint density at radius 3 is 2.69 bits per heavy atom. The highest BCUT2D eigenvalue weighted by atomic mass is 79.9. The lowest BCUT2D eigenvalue weighted by molar-refractivity contribution is 0.0997. The number of benzene rings is 1. The molecule has 2 aromatic rings. The highest BCUT2D eigenvalue weighted by Gasteiger charge is 2.19. The van der Waals surface area contributed by atoms with Crippen molar-refractivity contribution in [3.8, 4) is 0 Å². The Kier molecular flexibility index (Phi) is 2.89. The summed E-state index contributed by atoms with van der Waals surface area (Å²) in [5.74, 6) is 0.132. The standard InChI is InChI=1S/C13H14BrNO/c1-7-4-5-10-11(6-7)15-9(3)12(10)13(16)8(2)14/h4-6,8,15H,1-3H3. The van der Waals surface area contributed by atoms with E-state index in [9.17, 15) is 4.79 Å². The van der Waals surface area contributed by atoms with E-state index in [0.29, 0.717) is 0 Å². The Morgan fingerprint density at radius 1 is 1.38 bits per heavy atom. The second kappa shape index (κ2) is 4.06. The number of halogens is 1. The topological polar surface area (TPSA) is 32.9 Å². The van der Waals surface area contributed by atoms with Gasteiger partial charge in [-0.2, -0.15) is 0 Å². The SMILES string of the molecule is Cc1ccc2c(C(=O)C(C)Br)c(C)[nH]c2c1. The fourth-order valence-electron chi connectivity index (χ4n) is 1.96. The predicted molar refractivity (Wildman–Crippen MR) is 70.5 cm³/mol. The molecule has 84 valence electrons. The van der Waals surface area contributed by atoms with Gasteiger partial charge >= 0.3 is 0 Å². The first-order chi connectivity index (χ1) is 7.50. The van der Waals surface area contributed by atoms with E-state index in [4.69, 9.17) is 0 Å². The number of Topliss-reactive ketones (excluding diaryl/α,β-unsaturated/α-hetero) is 1. The van der Waals surface area contributed by atoms with E-state index < -0.39 is 0 Å². The molecule has 16 heavy (non-hydrogen) atoms. The molecule has 0 aliphatic carbocycles. The average Bonchev–Trinajstić information content (AvgIpc) is 2.51. The van der Waals surface area contributed by atoms with Crippen LogP contribution in [0.3, 0.4) is 0 Å². The summed E-state index contributed by atoms with van der Waals surface area (Å²) in [5.41, 5.74) is 3.98. The summed E-state index contributed by atoms with van der Waals surface area (Å²) in [7, 11) is 0. The number of carbonyl (C=O) groups is 1. The van der Waals surface area contributed by atoms with E-state index in [0.717, 1.165) is 22.2 Å². The van der Waals surface area contributed by atoms with Gasteiger partial charge in [-0.15, -0.1) is 0 Å². The molecule has 0 bridgehead atoms. The molecule has 1 heterocycles. The van der Waals surface area contributed by atoms with Gasteiger partial charge in [-0.3, -0.25) is 4.79 Å². The van der Waals surface area contributed by atoms with E-state index in [1.807, 2.05) is 32.9 Å². The summed E-state index contributed by atoms with van der Waals surface area (Å²) in [6.07, 6.45) is 0. The third-order valence-corrected chi connectivity index (χ3v) is 3.17. The van der Waals surface area contributed by atoms with Gasteiger partial charge in [0.1, 0.15) is 0 Å². The molecule has 0 amide bonds. The van der Waals surface area contributed by atoms with Crippen molar-refractivity contribution >= 4 is 32.6 Å². The lowest BCUT2D eigenvalue weighted by atomic mass is 10.0. The van der Waals surface area contributed by atoms with Crippen LogP contribution in [0.4, 0.5) is 0 Å². The Morgan fingerprint density at radius 2 is 2.06 bits per heavy atom. The van der Waals surface area contributed by atoms with Crippen molar-refractivity contribution in [2.45, 2.75) is 25.6 Å². The fraction of sp³-hybridized carbons (Fsp3) is 0.308. The van der Waals surface area contributed by atoms with Crippen molar-refractivity contribution in [3.05, 3.63) is 35.0 Å². The maximum atomic E-state index is 12.1. The number of H-pyrrole nitrogens is 1. The van der Waals surface area contributed by atoms with Gasteiger partial charge < -0.3 is 4.98 Å².